The molecule has 2 heterocycles. The van der Waals surface area contributed by atoms with Gasteiger partial charge in [0.2, 0.25) is 5.95 Å². The number of hydrogen-bond donors (Lipinski definition) is 1. The predicted octanol–water partition coefficient (Wildman–Crippen LogP) is -1.73. The van der Waals surface area contributed by atoms with E-state index in [1.807, 2.05) is 0 Å². The molecular formula is C21H21LiN4O4. The molecule has 3 N–H and O–H groups in total. The van der Waals surface area contributed by atoms with Gasteiger partial charge < -0.3 is 30.3 Å². The van der Waals surface area contributed by atoms with Gasteiger partial charge in [-0.05, 0) is 35.9 Å². The summed E-state index contributed by atoms with van der Waals surface area (Å²) in [6.45, 7) is -4.42. The number of morpholine rings is 1. The second-order valence-corrected chi connectivity index (χ2v) is 5.95. The van der Waals surface area contributed by atoms with Crippen molar-refractivity contribution in [3.63, 3.8) is 0 Å². The maximum atomic E-state index is 10.9. The zero-order valence-corrected chi connectivity index (χ0v) is 16.3. The largest absolute Gasteiger partial charge is 1.00 e. The maximum Gasteiger partial charge on any atom is 1.00 e. The van der Waals surface area contributed by atoms with E-state index in [-0.39, 0.29) is 43.1 Å². The summed E-state index contributed by atoms with van der Waals surface area (Å²) in [6, 6.07) is 14.5. The summed E-state index contributed by atoms with van der Waals surface area (Å²) < 4.78 is 37.5. The number of aromatic carboxylic acids is 1. The fourth-order valence-electron chi connectivity index (χ4n) is 2.69. The molecule has 1 aliphatic heterocycles. The Labute approximate surface area is 192 Å². The zero-order chi connectivity index (χ0) is 22.9. The van der Waals surface area contributed by atoms with E-state index in [2.05, 4.69) is 15.3 Å². The van der Waals surface area contributed by atoms with Crippen molar-refractivity contribution in [2.24, 2.45) is 0 Å². The number of rotatable bonds is 5. The molecule has 0 amide bonds. The third-order valence-electron chi connectivity index (χ3n) is 4.10. The van der Waals surface area contributed by atoms with Gasteiger partial charge in [0.25, 0.3) is 0 Å². The first kappa shape index (κ1) is 17.9. The molecule has 1 aliphatic rings. The molecule has 1 saturated heterocycles. The van der Waals surface area contributed by atoms with Gasteiger partial charge in [-0.1, -0.05) is 24.3 Å². The van der Waals surface area contributed by atoms with Crippen LogP contribution >= 0.6 is 0 Å². The van der Waals surface area contributed by atoms with Crippen molar-refractivity contribution in [1.29, 1.82) is 0 Å². The maximum absolute atomic E-state index is 10.9. The first-order valence-electron chi connectivity index (χ1n) is 10.6. The van der Waals surface area contributed by atoms with Gasteiger partial charge in [-0.15, -0.1) is 0 Å². The summed E-state index contributed by atoms with van der Waals surface area (Å²) in [4.78, 5) is 20.6. The van der Waals surface area contributed by atoms with Gasteiger partial charge in [0, 0.05) is 36.1 Å². The van der Waals surface area contributed by atoms with E-state index >= 15 is 0 Å². The number of carboxylic acids is 1. The first-order chi connectivity index (χ1) is 15.2. The number of nitrogens with zero attached hydrogens (tertiary/aromatic N) is 3. The number of aromatic nitrogens is 2. The van der Waals surface area contributed by atoms with Crippen LogP contribution in [0.2, 0.25) is 0 Å². The Morgan fingerprint density at radius 1 is 1.07 bits per heavy atom. The molecule has 1 fully saturated rings. The molecule has 9 heteroatoms. The minimum Gasteiger partial charge on any atom is -0.545 e. The molecular weight excluding hydrogens is 379 g/mol. The number of carbonyl (C=O) groups excluding carboxylic acids is 1. The van der Waals surface area contributed by atoms with E-state index in [9.17, 15) is 9.90 Å². The molecule has 0 bridgehead atoms. The summed E-state index contributed by atoms with van der Waals surface area (Å²) in [6.07, 6.45) is 1.57. The van der Waals surface area contributed by atoms with Crippen LogP contribution in [0.15, 0.2) is 60.8 Å². The van der Waals surface area contributed by atoms with Gasteiger partial charge in [0.05, 0.1) is 30.4 Å². The standard InChI is InChI=1S/C21H20N4O3.Li.H2O/c26-20(27)16-3-1-15(2-4-16)19-9-10-22-21(24-19)23-17-5-7-18(8-6-17)25-11-13-28-14-12-25;;/h1-10H,11-14H2,(H,26,27)(H,22,23,24);;1H2/q;+1;/p-1/i11D2,12D2;;. The third kappa shape index (κ3) is 5.59. The third-order valence-corrected chi connectivity index (χ3v) is 4.10. The van der Waals surface area contributed by atoms with Crippen LogP contribution in [-0.2, 0) is 4.74 Å². The fraction of sp³-hybridized carbons (Fsp3) is 0.190. The molecule has 0 radical (unpaired) electrons. The molecule has 30 heavy (non-hydrogen) atoms. The predicted molar refractivity (Wildman–Crippen MR) is 108 cm³/mol. The Kier molecular flexibility index (Phi) is 6.43. The molecule has 0 atom stereocenters. The number of hydrogen-bond acceptors (Lipinski definition) is 7. The Bertz CT molecular complexity index is 1120. The second kappa shape index (κ2) is 10.8. The smallest absolute Gasteiger partial charge is 0.545 e. The van der Waals surface area contributed by atoms with Crippen LogP contribution in [0.5, 0.6) is 0 Å². The summed E-state index contributed by atoms with van der Waals surface area (Å²) in [5.41, 5.74) is 2.41. The monoisotopic (exact) mass is 404 g/mol. The van der Waals surface area contributed by atoms with Crippen molar-refractivity contribution in [1.82, 2.24) is 9.97 Å². The van der Waals surface area contributed by atoms with Gasteiger partial charge in [0.1, 0.15) is 0 Å². The van der Waals surface area contributed by atoms with Crippen molar-refractivity contribution in [3.8, 4) is 11.3 Å². The Morgan fingerprint density at radius 3 is 2.37 bits per heavy atom. The van der Waals surface area contributed by atoms with E-state index in [0.717, 1.165) is 4.90 Å². The normalized spacial score (nSPS) is 18.3. The quantitative estimate of drug-likeness (QED) is 0.501. The summed E-state index contributed by atoms with van der Waals surface area (Å²) in [5, 5.41) is 14.0. The van der Waals surface area contributed by atoms with Crippen molar-refractivity contribution < 1.29 is 44.5 Å². The molecule has 8 nitrogen and oxygen atoms in total. The van der Waals surface area contributed by atoms with E-state index < -0.39 is 19.0 Å². The van der Waals surface area contributed by atoms with Crippen LogP contribution in [-0.4, -0.2) is 47.6 Å². The summed E-state index contributed by atoms with van der Waals surface area (Å²) in [5.74, 6) is -0.931. The SMILES string of the molecule is O.[2H]C1([2H])COCC([2H])([2H])N1c1ccc(Nc2nccc(-c3ccc(C(=O)[O-])cc3)n2)cc1.[Li+]. The molecule has 150 valence electrons. The Morgan fingerprint density at radius 2 is 1.73 bits per heavy atom. The second-order valence-electron chi connectivity index (χ2n) is 5.95. The Hall–Kier alpha value is -2.89. The van der Waals surface area contributed by atoms with Gasteiger partial charge in [0.15, 0.2) is 0 Å². The van der Waals surface area contributed by atoms with Gasteiger partial charge in [-0.3, -0.25) is 0 Å². The molecule has 0 spiro atoms. The average molecular weight is 404 g/mol. The van der Waals surface area contributed by atoms with Crippen molar-refractivity contribution >= 4 is 23.3 Å². The molecule has 0 aliphatic carbocycles. The van der Waals surface area contributed by atoms with Gasteiger partial charge in [-0.2, -0.15) is 0 Å². The number of benzene rings is 2. The first-order valence-corrected chi connectivity index (χ1v) is 8.56. The molecule has 2 aromatic carbocycles. The van der Waals surface area contributed by atoms with Gasteiger partial charge in [-0.25, -0.2) is 9.97 Å². The van der Waals surface area contributed by atoms with E-state index in [4.69, 9.17) is 10.2 Å². The molecule has 3 aromatic rings. The van der Waals surface area contributed by atoms with Crippen molar-refractivity contribution in [2.45, 2.75) is 0 Å². The van der Waals surface area contributed by atoms with Crippen LogP contribution in [0.3, 0.4) is 0 Å². The fourth-order valence-corrected chi connectivity index (χ4v) is 2.69. The van der Waals surface area contributed by atoms with Gasteiger partial charge >= 0.3 is 18.9 Å². The molecule has 4 rings (SSSR count). The number of carboxylic acid groups (broad SMARTS) is 1. The molecule has 1 aromatic heterocycles. The van der Waals surface area contributed by atoms with Crippen LogP contribution in [0, 0.1) is 0 Å². The van der Waals surface area contributed by atoms with Crippen molar-refractivity contribution in [3.05, 3.63) is 66.4 Å². The number of ether oxygens (including phenoxy) is 1. The average Bonchev–Trinajstić information content (AvgIpc) is 2.74. The zero-order valence-electron chi connectivity index (χ0n) is 20.3. The van der Waals surface area contributed by atoms with Crippen molar-refractivity contribution in [2.75, 3.05) is 36.4 Å². The Balaban J connectivity index is 0.00000204. The van der Waals surface area contributed by atoms with E-state index in [0.29, 0.717) is 28.6 Å². The van der Waals surface area contributed by atoms with Crippen LogP contribution < -0.4 is 34.2 Å². The molecule has 0 saturated carbocycles. The van der Waals surface area contributed by atoms with E-state index in [1.165, 1.54) is 12.1 Å². The summed E-state index contributed by atoms with van der Waals surface area (Å²) in [7, 11) is 0. The van der Waals surface area contributed by atoms with Crippen LogP contribution in [0.4, 0.5) is 17.3 Å². The van der Waals surface area contributed by atoms with Crippen LogP contribution in [0.1, 0.15) is 15.8 Å². The summed E-state index contributed by atoms with van der Waals surface area (Å²) >= 11 is 0. The van der Waals surface area contributed by atoms with E-state index in [1.54, 1.807) is 48.7 Å². The number of anilines is 3. The number of carbonyl (C=O) groups is 1. The van der Waals surface area contributed by atoms with Crippen LogP contribution in [0.25, 0.3) is 11.3 Å². The minimum atomic E-state index is -1.99. The molecule has 0 unspecified atom stereocenters. The minimum absolute atomic E-state index is 0. The topological polar surface area (TPSA) is 122 Å². The number of nitrogens with one attached hydrogen (secondary N) is 1.